The predicted molar refractivity (Wildman–Crippen MR) is 62.3 cm³/mol. The van der Waals surface area contributed by atoms with E-state index in [1.165, 1.54) is 11.9 Å². The molecule has 0 aromatic rings. The van der Waals surface area contributed by atoms with Crippen LogP contribution in [0.2, 0.25) is 0 Å². The smallest absolute Gasteiger partial charge is 0.326 e. The van der Waals surface area contributed by atoms with Crippen molar-refractivity contribution in [3.63, 3.8) is 0 Å². The summed E-state index contributed by atoms with van der Waals surface area (Å²) >= 11 is 0. The molecule has 0 bridgehead atoms. The summed E-state index contributed by atoms with van der Waals surface area (Å²) < 4.78 is 0. The molecule has 1 saturated heterocycles. The molecule has 19 heavy (non-hydrogen) atoms. The Kier molecular flexibility index (Phi) is 5.24. The molecule has 1 rings (SSSR count). The Morgan fingerprint density at radius 3 is 2.63 bits per heavy atom. The van der Waals surface area contributed by atoms with Crippen LogP contribution in [0.1, 0.15) is 12.8 Å². The maximum atomic E-state index is 11.5. The Balaban J connectivity index is 2.20. The van der Waals surface area contributed by atoms with Gasteiger partial charge in [0.25, 0.3) is 0 Å². The van der Waals surface area contributed by atoms with Crippen LogP contribution in [-0.2, 0) is 19.2 Å². The Morgan fingerprint density at radius 1 is 1.42 bits per heavy atom. The van der Waals surface area contributed by atoms with E-state index in [-0.39, 0.29) is 31.4 Å². The van der Waals surface area contributed by atoms with Crippen molar-refractivity contribution in [1.82, 2.24) is 15.3 Å². The Labute approximate surface area is 109 Å². The number of imide groups is 1. The summed E-state index contributed by atoms with van der Waals surface area (Å²) in [5.74, 6) is -1.43. The van der Waals surface area contributed by atoms with Crippen LogP contribution in [0.4, 0.5) is 4.79 Å². The minimum Gasteiger partial charge on any atom is -0.368 e. The second-order valence-corrected chi connectivity index (χ2v) is 4.07. The Hall–Kier alpha value is -2.16. The Morgan fingerprint density at radius 2 is 2.11 bits per heavy atom. The van der Waals surface area contributed by atoms with E-state index in [2.05, 4.69) is 4.84 Å². The molecule has 0 unspecified atom stereocenters. The summed E-state index contributed by atoms with van der Waals surface area (Å²) in [6.07, 6.45) is 0.386. The molecule has 0 aromatic carbocycles. The van der Waals surface area contributed by atoms with Crippen molar-refractivity contribution in [2.75, 3.05) is 26.7 Å². The first kappa shape index (κ1) is 14.9. The van der Waals surface area contributed by atoms with Crippen LogP contribution in [-0.4, -0.2) is 60.3 Å². The van der Waals surface area contributed by atoms with Gasteiger partial charge in [0, 0.05) is 20.0 Å². The summed E-state index contributed by atoms with van der Waals surface area (Å²) in [6.45, 7) is -0.169. The van der Waals surface area contributed by atoms with Crippen LogP contribution >= 0.6 is 0 Å². The number of rotatable bonds is 7. The number of carbonyl (C=O) groups is 4. The van der Waals surface area contributed by atoms with Crippen molar-refractivity contribution in [2.24, 2.45) is 5.73 Å². The lowest BCUT2D eigenvalue weighted by atomic mass is 10.3. The fourth-order valence-corrected chi connectivity index (χ4v) is 1.53. The highest BCUT2D eigenvalue weighted by Gasteiger charge is 2.32. The molecule has 1 heterocycles. The number of likely N-dealkylation sites (N-methyl/N-ethyl adjacent to an activating group) is 1. The molecule has 1 fully saturated rings. The number of hydrogen-bond donors (Lipinski definition) is 2. The fraction of sp³-hybridized carbons (Fsp3) is 0.600. The first-order valence-corrected chi connectivity index (χ1v) is 5.66. The van der Waals surface area contributed by atoms with E-state index in [0.717, 1.165) is 4.90 Å². The number of nitrogens with two attached hydrogens (primary N) is 1. The number of amides is 5. The molecule has 0 aromatic heterocycles. The molecule has 9 heteroatoms. The number of primary amides is 1. The normalized spacial score (nSPS) is 15.0. The van der Waals surface area contributed by atoms with Gasteiger partial charge in [0.1, 0.15) is 6.54 Å². The summed E-state index contributed by atoms with van der Waals surface area (Å²) in [6, 6.07) is -0.365. The average molecular weight is 272 g/mol. The summed E-state index contributed by atoms with van der Waals surface area (Å²) in [4.78, 5) is 51.4. The zero-order valence-corrected chi connectivity index (χ0v) is 10.5. The minimum absolute atomic E-state index is 0.0623. The van der Waals surface area contributed by atoms with E-state index < -0.39 is 18.4 Å². The highest BCUT2D eigenvalue weighted by atomic mass is 16.7. The number of hydrogen-bond acceptors (Lipinski definition) is 5. The van der Waals surface area contributed by atoms with Crippen LogP contribution < -0.4 is 11.2 Å². The third kappa shape index (κ3) is 4.54. The quantitative estimate of drug-likeness (QED) is 0.418. The second kappa shape index (κ2) is 6.69. The van der Waals surface area contributed by atoms with Gasteiger partial charge < -0.3 is 10.6 Å². The lowest BCUT2D eigenvalue weighted by Gasteiger charge is -2.13. The molecule has 0 aliphatic carbocycles. The molecule has 0 radical (unpaired) electrons. The summed E-state index contributed by atoms with van der Waals surface area (Å²) in [5, 5.41) is 0. The molecule has 3 N–H and O–H groups in total. The molecule has 0 saturated carbocycles. The van der Waals surface area contributed by atoms with E-state index in [0.29, 0.717) is 6.42 Å². The monoisotopic (exact) mass is 272 g/mol. The molecule has 1 aliphatic heterocycles. The zero-order chi connectivity index (χ0) is 14.4. The maximum absolute atomic E-state index is 11.5. The van der Waals surface area contributed by atoms with Gasteiger partial charge in [-0.05, 0) is 6.42 Å². The van der Waals surface area contributed by atoms with Crippen molar-refractivity contribution in [3.05, 3.63) is 0 Å². The first-order valence-electron chi connectivity index (χ1n) is 5.66. The van der Waals surface area contributed by atoms with Crippen LogP contribution in [0.25, 0.3) is 0 Å². The van der Waals surface area contributed by atoms with Gasteiger partial charge in [0.2, 0.25) is 17.7 Å². The summed E-state index contributed by atoms with van der Waals surface area (Å²) in [7, 11) is 1.53. The van der Waals surface area contributed by atoms with Gasteiger partial charge in [0.15, 0.2) is 6.61 Å². The molecule has 106 valence electrons. The van der Waals surface area contributed by atoms with Crippen LogP contribution in [0.3, 0.4) is 0 Å². The lowest BCUT2D eigenvalue weighted by molar-refractivity contribution is -0.138. The molecule has 0 atom stereocenters. The molecule has 1 aliphatic rings. The van der Waals surface area contributed by atoms with Gasteiger partial charge in [-0.15, -0.1) is 0 Å². The van der Waals surface area contributed by atoms with E-state index in [1.54, 1.807) is 0 Å². The second-order valence-electron chi connectivity index (χ2n) is 4.07. The van der Waals surface area contributed by atoms with Crippen LogP contribution in [0.5, 0.6) is 0 Å². The van der Waals surface area contributed by atoms with Gasteiger partial charge >= 0.3 is 6.03 Å². The maximum Gasteiger partial charge on any atom is 0.326 e. The van der Waals surface area contributed by atoms with Gasteiger partial charge in [-0.2, -0.15) is 0 Å². The predicted octanol–water partition coefficient (Wildman–Crippen LogP) is -1.81. The number of nitrogens with zero attached hydrogens (tertiary/aromatic N) is 2. The largest absolute Gasteiger partial charge is 0.368 e. The van der Waals surface area contributed by atoms with Crippen molar-refractivity contribution >= 4 is 23.8 Å². The highest BCUT2D eigenvalue weighted by Crippen LogP contribution is 2.08. The van der Waals surface area contributed by atoms with Crippen molar-refractivity contribution in [3.8, 4) is 0 Å². The van der Waals surface area contributed by atoms with E-state index in [1.807, 2.05) is 5.48 Å². The topological polar surface area (TPSA) is 122 Å². The fourth-order valence-electron chi connectivity index (χ4n) is 1.53. The number of urea groups is 1. The Bertz CT molecular complexity index is 397. The van der Waals surface area contributed by atoms with Crippen molar-refractivity contribution in [2.45, 2.75) is 12.8 Å². The summed E-state index contributed by atoms with van der Waals surface area (Å²) in [5.41, 5.74) is 6.84. The number of nitrogens with one attached hydrogen (secondary N) is 1. The van der Waals surface area contributed by atoms with E-state index >= 15 is 0 Å². The lowest BCUT2D eigenvalue weighted by Crippen LogP contribution is -2.34. The number of hydroxylamine groups is 1. The zero-order valence-electron chi connectivity index (χ0n) is 10.5. The molecular formula is C10H16N4O5. The highest BCUT2D eigenvalue weighted by molar-refractivity contribution is 6.01. The van der Waals surface area contributed by atoms with E-state index in [9.17, 15) is 19.2 Å². The molecular weight excluding hydrogens is 256 g/mol. The third-order valence-electron chi connectivity index (χ3n) is 2.42. The minimum atomic E-state index is -0.698. The molecule has 9 nitrogen and oxygen atoms in total. The van der Waals surface area contributed by atoms with Gasteiger partial charge in [0.05, 0.1) is 0 Å². The first-order chi connectivity index (χ1) is 8.91. The standard InChI is InChI=1S/C10H16N4O5/c1-13-5-9(17)14(10(13)18)4-2-3-8(16)12-19-6-7(11)15/h2-6H2,1H3,(H2,11,15)(H,12,16). The van der Waals surface area contributed by atoms with Gasteiger partial charge in [-0.25, -0.2) is 10.3 Å². The van der Waals surface area contributed by atoms with Gasteiger partial charge in [-0.1, -0.05) is 0 Å². The van der Waals surface area contributed by atoms with Crippen LogP contribution in [0, 0.1) is 0 Å². The van der Waals surface area contributed by atoms with Gasteiger partial charge in [-0.3, -0.25) is 24.1 Å². The third-order valence-corrected chi connectivity index (χ3v) is 2.42. The number of carbonyl (C=O) groups excluding carboxylic acids is 4. The SMILES string of the molecule is CN1CC(=O)N(CCCC(=O)NOCC(N)=O)C1=O. The average Bonchev–Trinajstić information content (AvgIpc) is 2.55. The molecule has 5 amide bonds. The molecule has 0 spiro atoms. The van der Waals surface area contributed by atoms with E-state index in [4.69, 9.17) is 5.73 Å². The van der Waals surface area contributed by atoms with Crippen molar-refractivity contribution in [1.29, 1.82) is 0 Å². The van der Waals surface area contributed by atoms with Crippen molar-refractivity contribution < 1.29 is 24.0 Å². The van der Waals surface area contributed by atoms with Crippen LogP contribution in [0.15, 0.2) is 0 Å².